The number of sulfonamides is 1. The van der Waals surface area contributed by atoms with Gasteiger partial charge in [-0.15, -0.1) is 0 Å². The van der Waals surface area contributed by atoms with E-state index in [9.17, 15) is 23.1 Å². The van der Waals surface area contributed by atoms with Crippen molar-refractivity contribution in [1.29, 1.82) is 0 Å². The summed E-state index contributed by atoms with van der Waals surface area (Å²) in [6.45, 7) is 3.04. The van der Waals surface area contributed by atoms with Crippen molar-refractivity contribution in [2.75, 3.05) is 11.4 Å². The lowest BCUT2D eigenvalue weighted by Crippen LogP contribution is -2.51. The van der Waals surface area contributed by atoms with Gasteiger partial charge in [-0.2, -0.15) is 0 Å². The van der Waals surface area contributed by atoms with Crippen molar-refractivity contribution in [1.82, 2.24) is 5.32 Å². The molecule has 1 atom stereocenters. The summed E-state index contributed by atoms with van der Waals surface area (Å²) < 4.78 is 26.8. The zero-order chi connectivity index (χ0) is 20.2. The molecule has 0 aliphatic rings. The number of hydrogen-bond acceptors (Lipinski definition) is 4. The summed E-state index contributed by atoms with van der Waals surface area (Å²) in [6.07, 6.45) is 0.183. The minimum Gasteiger partial charge on any atom is -0.480 e. The number of nitrogens with one attached hydrogen (secondary N) is 1. The molecule has 1 unspecified atom stereocenters. The van der Waals surface area contributed by atoms with Gasteiger partial charge >= 0.3 is 5.97 Å². The number of para-hydroxylation sites is 1. The maximum absolute atomic E-state index is 12.9. The molecule has 27 heavy (non-hydrogen) atoms. The average molecular weight is 390 g/mol. The highest BCUT2D eigenvalue weighted by Crippen LogP contribution is 2.22. The van der Waals surface area contributed by atoms with Gasteiger partial charge in [0.1, 0.15) is 5.54 Å². The van der Waals surface area contributed by atoms with Gasteiger partial charge in [0, 0.05) is 12.6 Å². The van der Waals surface area contributed by atoms with Gasteiger partial charge in [0.15, 0.2) is 0 Å². The number of carbonyl (C=O) groups excluding carboxylic acids is 1. The Morgan fingerprint density at radius 3 is 2.30 bits per heavy atom. The smallest absolute Gasteiger partial charge is 0.329 e. The van der Waals surface area contributed by atoms with Crippen molar-refractivity contribution in [2.45, 2.75) is 30.7 Å². The molecular weight excluding hydrogens is 368 g/mol. The molecule has 2 aromatic rings. The van der Waals surface area contributed by atoms with Crippen LogP contribution in [-0.2, 0) is 14.8 Å². The highest BCUT2D eigenvalue weighted by molar-refractivity contribution is 7.92. The van der Waals surface area contributed by atoms with Crippen LogP contribution in [0.25, 0.3) is 0 Å². The van der Waals surface area contributed by atoms with Crippen LogP contribution in [0.2, 0.25) is 0 Å². The number of aliphatic carboxylic acids is 1. The van der Waals surface area contributed by atoms with Gasteiger partial charge < -0.3 is 10.4 Å². The van der Waals surface area contributed by atoms with Gasteiger partial charge in [0.25, 0.3) is 15.9 Å². The predicted octanol–water partition coefficient (Wildman–Crippen LogP) is 2.49. The molecule has 0 aromatic heterocycles. The largest absolute Gasteiger partial charge is 0.480 e. The molecule has 0 aliphatic carbocycles. The summed E-state index contributed by atoms with van der Waals surface area (Å²) in [7, 11) is -2.45. The number of benzene rings is 2. The Labute approximate surface area is 158 Å². The summed E-state index contributed by atoms with van der Waals surface area (Å²) in [6, 6.07) is 14.1. The standard InChI is InChI=1S/C19H22N2O5S/c1-4-19(2,18(23)24)20-17(22)14-9-8-12-16(13-14)27(25,26)21(3)15-10-6-5-7-11-15/h5-13H,4H2,1-3H3,(H,20,22)(H,23,24). The summed E-state index contributed by atoms with van der Waals surface area (Å²) in [5.41, 5.74) is -0.887. The van der Waals surface area contributed by atoms with Crippen molar-refractivity contribution in [2.24, 2.45) is 0 Å². The molecule has 0 saturated carbocycles. The minimum absolute atomic E-state index is 0.0602. The topological polar surface area (TPSA) is 104 Å². The zero-order valence-electron chi connectivity index (χ0n) is 15.3. The molecule has 0 radical (unpaired) electrons. The zero-order valence-corrected chi connectivity index (χ0v) is 16.2. The van der Waals surface area contributed by atoms with Crippen molar-refractivity contribution < 1.29 is 23.1 Å². The van der Waals surface area contributed by atoms with E-state index in [1.54, 1.807) is 37.3 Å². The molecule has 2 N–H and O–H groups in total. The van der Waals surface area contributed by atoms with Crippen molar-refractivity contribution in [3.8, 4) is 0 Å². The molecule has 0 bridgehead atoms. The Kier molecular flexibility index (Phi) is 5.90. The molecule has 8 heteroatoms. The van der Waals surface area contributed by atoms with Crippen LogP contribution in [0.1, 0.15) is 30.6 Å². The van der Waals surface area contributed by atoms with E-state index in [1.807, 2.05) is 0 Å². The first kappa shape index (κ1) is 20.4. The van der Waals surface area contributed by atoms with Gasteiger partial charge in [0.05, 0.1) is 10.6 Å². The molecule has 1 amide bonds. The molecule has 2 aromatic carbocycles. The Morgan fingerprint density at radius 1 is 1.11 bits per heavy atom. The molecule has 0 heterocycles. The maximum Gasteiger partial charge on any atom is 0.329 e. The number of carboxylic acid groups (broad SMARTS) is 1. The number of carbonyl (C=O) groups is 2. The van der Waals surface area contributed by atoms with Gasteiger partial charge in [0.2, 0.25) is 0 Å². The van der Waals surface area contributed by atoms with Gasteiger partial charge in [-0.3, -0.25) is 9.10 Å². The fraction of sp³-hybridized carbons (Fsp3) is 0.263. The van der Waals surface area contributed by atoms with Crippen molar-refractivity contribution in [3.63, 3.8) is 0 Å². The number of amides is 1. The Morgan fingerprint density at radius 2 is 1.74 bits per heavy atom. The molecule has 0 spiro atoms. The number of hydrogen-bond donors (Lipinski definition) is 2. The lowest BCUT2D eigenvalue weighted by atomic mass is 9.98. The number of rotatable bonds is 7. The van der Waals surface area contributed by atoms with Gasteiger partial charge in [-0.1, -0.05) is 31.2 Å². The fourth-order valence-corrected chi connectivity index (χ4v) is 3.59. The first-order chi connectivity index (χ1) is 12.6. The first-order valence-electron chi connectivity index (χ1n) is 8.32. The lowest BCUT2D eigenvalue weighted by molar-refractivity contribution is -0.143. The quantitative estimate of drug-likeness (QED) is 0.756. The van der Waals surface area contributed by atoms with E-state index in [0.717, 1.165) is 4.31 Å². The van der Waals surface area contributed by atoms with Crippen LogP contribution >= 0.6 is 0 Å². The number of anilines is 1. The second kappa shape index (κ2) is 7.79. The van der Waals surface area contributed by atoms with E-state index in [4.69, 9.17) is 0 Å². The lowest BCUT2D eigenvalue weighted by Gasteiger charge is -2.25. The average Bonchev–Trinajstić information content (AvgIpc) is 2.67. The number of nitrogens with zero attached hydrogens (tertiary/aromatic N) is 1. The summed E-state index contributed by atoms with van der Waals surface area (Å²) in [5.74, 6) is -1.81. The molecule has 0 fully saturated rings. The van der Waals surface area contributed by atoms with Crippen LogP contribution in [0.4, 0.5) is 5.69 Å². The molecule has 0 saturated heterocycles. The van der Waals surface area contributed by atoms with Crippen LogP contribution in [0, 0.1) is 0 Å². The van der Waals surface area contributed by atoms with Crippen LogP contribution in [-0.4, -0.2) is 38.0 Å². The summed E-state index contributed by atoms with van der Waals surface area (Å²) in [5, 5.41) is 11.7. The highest BCUT2D eigenvalue weighted by atomic mass is 32.2. The SMILES string of the molecule is CCC(C)(NC(=O)c1cccc(S(=O)(=O)N(C)c2ccccc2)c1)C(=O)O. The first-order valence-corrected chi connectivity index (χ1v) is 9.76. The van der Waals surface area contributed by atoms with Crippen molar-refractivity contribution >= 4 is 27.6 Å². The third kappa shape index (κ3) is 4.28. The van der Waals surface area contributed by atoms with E-state index in [-0.39, 0.29) is 16.9 Å². The second-order valence-corrected chi connectivity index (χ2v) is 8.25. The van der Waals surface area contributed by atoms with Crippen molar-refractivity contribution in [3.05, 3.63) is 60.2 Å². The molecule has 2 rings (SSSR count). The van der Waals surface area contributed by atoms with E-state index in [1.165, 1.54) is 38.2 Å². The third-order valence-electron chi connectivity index (χ3n) is 4.44. The molecule has 7 nitrogen and oxygen atoms in total. The highest BCUT2D eigenvalue weighted by Gasteiger charge is 2.33. The Bertz CT molecular complexity index is 944. The molecule has 144 valence electrons. The molecule has 0 aliphatic heterocycles. The monoisotopic (exact) mass is 390 g/mol. The van der Waals surface area contributed by atoms with E-state index in [2.05, 4.69) is 5.32 Å². The predicted molar refractivity (Wildman–Crippen MR) is 102 cm³/mol. The third-order valence-corrected chi connectivity index (χ3v) is 6.22. The van der Waals surface area contributed by atoms with Crippen LogP contribution in [0.15, 0.2) is 59.5 Å². The second-order valence-electron chi connectivity index (χ2n) is 6.28. The maximum atomic E-state index is 12.9. The van der Waals surface area contributed by atoms with Gasteiger partial charge in [-0.05, 0) is 43.7 Å². The summed E-state index contributed by atoms with van der Waals surface area (Å²) in [4.78, 5) is 23.8. The van der Waals surface area contributed by atoms with E-state index in [0.29, 0.717) is 5.69 Å². The number of carboxylic acids is 1. The normalized spacial score (nSPS) is 13.4. The van der Waals surface area contributed by atoms with Gasteiger partial charge in [-0.25, -0.2) is 13.2 Å². The minimum atomic E-state index is -3.88. The summed E-state index contributed by atoms with van der Waals surface area (Å²) >= 11 is 0. The Hall–Kier alpha value is -2.87. The van der Waals surface area contributed by atoms with E-state index < -0.39 is 27.4 Å². The van der Waals surface area contributed by atoms with E-state index >= 15 is 0 Å². The van der Waals surface area contributed by atoms with Crippen LogP contribution < -0.4 is 9.62 Å². The Balaban J connectivity index is 2.34. The molecular formula is C19H22N2O5S. The van der Waals surface area contributed by atoms with Crippen LogP contribution in [0.5, 0.6) is 0 Å². The van der Waals surface area contributed by atoms with Crippen LogP contribution in [0.3, 0.4) is 0 Å². The fourth-order valence-electron chi connectivity index (χ4n) is 2.35.